The highest BCUT2D eigenvalue weighted by Crippen LogP contribution is 2.31. The number of nitrogens with two attached hydrogens (primary N) is 1. The van der Waals surface area contributed by atoms with Crippen LogP contribution in [0.3, 0.4) is 0 Å². The van der Waals surface area contributed by atoms with Gasteiger partial charge in [-0.25, -0.2) is 0 Å². The molecule has 0 spiro atoms. The van der Waals surface area contributed by atoms with Crippen LogP contribution in [0.2, 0.25) is 0 Å². The van der Waals surface area contributed by atoms with Gasteiger partial charge in [0.2, 0.25) is 0 Å². The molecule has 0 saturated heterocycles. The maximum Gasteiger partial charge on any atom is 0.161 e. The zero-order chi connectivity index (χ0) is 9.10. The summed E-state index contributed by atoms with van der Waals surface area (Å²) in [5.41, 5.74) is 5.44. The van der Waals surface area contributed by atoms with E-state index in [2.05, 4.69) is 0 Å². The van der Waals surface area contributed by atoms with E-state index in [-0.39, 0.29) is 6.10 Å². The number of para-hydroxylation sites is 2. The summed E-state index contributed by atoms with van der Waals surface area (Å²) in [5.74, 6) is 1.66. The van der Waals surface area contributed by atoms with E-state index in [1.54, 1.807) is 0 Å². The zero-order valence-corrected chi connectivity index (χ0v) is 7.40. The van der Waals surface area contributed by atoms with E-state index in [1.807, 2.05) is 24.3 Å². The molecule has 0 radical (unpaired) electrons. The molecule has 0 aliphatic carbocycles. The minimum Gasteiger partial charge on any atom is -0.486 e. The monoisotopic (exact) mass is 179 g/mol. The molecule has 0 aromatic heterocycles. The second kappa shape index (κ2) is 3.66. The Hall–Kier alpha value is -1.22. The van der Waals surface area contributed by atoms with Crippen LogP contribution in [0.4, 0.5) is 0 Å². The van der Waals surface area contributed by atoms with Crippen LogP contribution in [0.5, 0.6) is 11.5 Å². The van der Waals surface area contributed by atoms with E-state index in [0.29, 0.717) is 13.2 Å². The Morgan fingerprint density at radius 3 is 2.85 bits per heavy atom. The lowest BCUT2D eigenvalue weighted by atomic mass is 10.2. The first kappa shape index (κ1) is 8.38. The van der Waals surface area contributed by atoms with Gasteiger partial charge >= 0.3 is 0 Å². The van der Waals surface area contributed by atoms with Crippen molar-refractivity contribution in [3.8, 4) is 11.5 Å². The van der Waals surface area contributed by atoms with Gasteiger partial charge in [0.25, 0.3) is 0 Å². The average Bonchev–Trinajstić information content (AvgIpc) is 2.18. The third kappa shape index (κ3) is 1.75. The molecule has 1 aromatic carbocycles. The second-order valence-corrected chi connectivity index (χ2v) is 3.07. The van der Waals surface area contributed by atoms with Crippen LogP contribution in [0, 0.1) is 0 Å². The van der Waals surface area contributed by atoms with Gasteiger partial charge < -0.3 is 15.2 Å². The molecular weight excluding hydrogens is 166 g/mol. The molecular formula is C10H13NO2. The van der Waals surface area contributed by atoms with Gasteiger partial charge in [-0.3, -0.25) is 0 Å². The molecule has 13 heavy (non-hydrogen) atoms. The summed E-state index contributed by atoms with van der Waals surface area (Å²) < 4.78 is 11.2. The summed E-state index contributed by atoms with van der Waals surface area (Å²) in [6.07, 6.45) is 0.953. The van der Waals surface area contributed by atoms with Crippen molar-refractivity contribution >= 4 is 0 Å². The maximum atomic E-state index is 5.67. The molecule has 1 aliphatic rings. The first-order chi connectivity index (χ1) is 6.40. The average molecular weight is 179 g/mol. The maximum absolute atomic E-state index is 5.67. The van der Waals surface area contributed by atoms with Gasteiger partial charge in [-0.1, -0.05) is 12.1 Å². The summed E-state index contributed by atoms with van der Waals surface area (Å²) >= 11 is 0. The molecule has 0 saturated carbocycles. The van der Waals surface area contributed by atoms with Crippen molar-refractivity contribution in [1.82, 2.24) is 0 Å². The van der Waals surface area contributed by atoms with Crippen molar-refractivity contribution in [2.24, 2.45) is 5.73 Å². The van der Waals surface area contributed by atoms with Crippen LogP contribution in [0.1, 0.15) is 6.42 Å². The largest absolute Gasteiger partial charge is 0.486 e. The number of hydrogen-bond donors (Lipinski definition) is 1. The Morgan fingerprint density at radius 1 is 1.31 bits per heavy atom. The number of hydrogen-bond acceptors (Lipinski definition) is 3. The highest BCUT2D eigenvalue weighted by Gasteiger charge is 2.19. The molecule has 0 unspecified atom stereocenters. The molecule has 1 aliphatic heterocycles. The SMILES string of the molecule is NCC[C@@H]1COc2ccccc2O1. The van der Waals surface area contributed by atoms with Gasteiger partial charge in [0.1, 0.15) is 12.7 Å². The van der Waals surface area contributed by atoms with Crippen LogP contribution in [-0.2, 0) is 0 Å². The van der Waals surface area contributed by atoms with E-state index < -0.39 is 0 Å². The van der Waals surface area contributed by atoms with Gasteiger partial charge in [-0.05, 0) is 25.1 Å². The molecule has 0 fully saturated rings. The van der Waals surface area contributed by atoms with E-state index >= 15 is 0 Å². The number of fused-ring (bicyclic) bond motifs is 1. The number of benzene rings is 1. The summed E-state index contributed by atoms with van der Waals surface area (Å²) in [4.78, 5) is 0. The van der Waals surface area contributed by atoms with Crippen molar-refractivity contribution in [2.45, 2.75) is 12.5 Å². The lowest BCUT2D eigenvalue weighted by Crippen LogP contribution is -2.31. The summed E-state index contributed by atoms with van der Waals surface area (Å²) in [6, 6.07) is 7.70. The molecule has 0 amide bonds. The highest BCUT2D eigenvalue weighted by molar-refractivity contribution is 5.40. The molecule has 0 bridgehead atoms. The molecule has 1 aromatic rings. The molecule has 2 rings (SSSR count). The Morgan fingerprint density at radius 2 is 2.08 bits per heavy atom. The fourth-order valence-corrected chi connectivity index (χ4v) is 1.39. The van der Waals surface area contributed by atoms with Gasteiger partial charge in [-0.15, -0.1) is 0 Å². The van der Waals surface area contributed by atoms with E-state index in [0.717, 1.165) is 17.9 Å². The van der Waals surface area contributed by atoms with Gasteiger partial charge in [0.15, 0.2) is 11.5 Å². The predicted molar refractivity (Wildman–Crippen MR) is 50.0 cm³/mol. The topological polar surface area (TPSA) is 44.5 Å². The third-order valence-corrected chi connectivity index (χ3v) is 2.06. The predicted octanol–water partition coefficient (Wildman–Crippen LogP) is 1.18. The molecule has 1 heterocycles. The quantitative estimate of drug-likeness (QED) is 0.741. The van der Waals surface area contributed by atoms with Crippen LogP contribution in [0.15, 0.2) is 24.3 Å². The number of ether oxygens (including phenoxy) is 2. The Balaban J connectivity index is 2.11. The van der Waals surface area contributed by atoms with Crippen LogP contribution in [0.25, 0.3) is 0 Å². The number of rotatable bonds is 2. The zero-order valence-electron chi connectivity index (χ0n) is 7.40. The molecule has 1 atom stereocenters. The van der Waals surface area contributed by atoms with Crippen LogP contribution in [-0.4, -0.2) is 19.3 Å². The molecule has 2 N–H and O–H groups in total. The van der Waals surface area contributed by atoms with Crippen molar-refractivity contribution in [1.29, 1.82) is 0 Å². The van der Waals surface area contributed by atoms with Crippen molar-refractivity contribution in [2.75, 3.05) is 13.2 Å². The van der Waals surface area contributed by atoms with E-state index in [4.69, 9.17) is 15.2 Å². The van der Waals surface area contributed by atoms with Crippen molar-refractivity contribution < 1.29 is 9.47 Å². The van der Waals surface area contributed by atoms with Gasteiger partial charge in [0.05, 0.1) is 0 Å². The summed E-state index contributed by atoms with van der Waals surface area (Å²) in [5, 5.41) is 0. The van der Waals surface area contributed by atoms with E-state index in [1.165, 1.54) is 0 Å². The Bertz CT molecular complexity index is 288. The highest BCUT2D eigenvalue weighted by atomic mass is 16.6. The minimum absolute atomic E-state index is 0.111. The summed E-state index contributed by atoms with van der Waals surface area (Å²) in [6.45, 7) is 1.24. The third-order valence-electron chi connectivity index (χ3n) is 2.06. The molecule has 70 valence electrons. The van der Waals surface area contributed by atoms with E-state index in [9.17, 15) is 0 Å². The first-order valence-electron chi connectivity index (χ1n) is 4.48. The standard InChI is InChI=1S/C10H13NO2/c11-6-5-8-7-12-9-3-1-2-4-10(9)13-8/h1-4,8H,5-7,11H2/t8-/m1/s1. The fraction of sp³-hybridized carbons (Fsp3) is 0.400. The second-order valence-electron chi connectivity index (χ2n) is 3.07. The Labute approximate surface area is 77.5 Å². The first-order valence-corrected chi connectivity index (χ1v) is 4.48. The van der Waals surface area contributed by atoms with Crippen molar-refractivity contribution in [3.63, 3.8) is 0 Å². The van der Waals surface area contributed by atoms with Gasteiger partial charge in [-0.2, -0.15) is 0 Å². The smallest absolute Gasteiger partial charge is 0.161 e. The minimum atomic E-state index is 0.111. The summed E-state index contributed by atoms with van der Waals surface area (Å²) in [7, 11) is 0. The molecule has 3 nitrogen and oxygen atoms in total. The lowest BCUT2D eigenvalue weighted by Gasteiger charge is -2.25. The normalized spacial score (nSPS) is 19.9. The van der Waals surface area contributed by atoms with Gasteiger partial charge in [0, 0.05) is 0 Å². The fourth-order valence-electron chi connectivity index (χ4n) is 1.39. The lowest BCUT2D eigenvalue weighted by molar-refractivity contribution is 0.0866. The van der Waals surface area contributed by atoms with Crippen LogP contribution >= 0.6 is 0 Å². The molecule has 3 heteroatoms. The van der Waals surface area contributed by atoms with Crippen LogP contribution < -0.4 is 15.2 Å². The van der Waals surface area contributed by atoms with Crippen molar-refractivity contribution in [3.05, 3.63) is 24.3 Å². The Kier molecular flexibility index (Phi) is 2.36.